The van der Waals surface area contributed by atoms with Gasteiger partial charge in [-0.15, -0.1) is 0 Å². The predicted octanol–water partition coefficient (Wildman–Crippen LogP) is 3.81. The molecule has 0 unspecified atom stereocenters. The van der Waals surface area contributed by atoms with Crippen molar-refractivity contribution < 1.29 is 4.79 Å². The van der Waals surface area contributed by atoms with Crippen LogP contribution in [-0.2, 0) is 4.79 Å². The second kappa shape index (κ2) is 9.35. The van der Waals surface area contributed by atoms with Gasteiger partial charge in [0.2, 0.25) is 5.91 Å². The van der Waals surface area contributed by atoms with Crippen molar-refractivity contribution in [3.05, 3.63) is 45.7 Å². The van der Waals surface area contributed by atoms with Gasteiger partial charge in [0.1, 0.15) is 5.15 Å². The summed E-state index contributed by atoms with van der Waals surface area (Å²) in [6, 6.07) is 7.27. The lowest BCUT2D eigenvalue weighted by atomic mass is 10.1. The van der Waals surface area contributed by atoms with E-state index in [-0.39, 0.29) is 5.91 Å². The van der Waals surface area contributed by atoms with Gasteiger partial charge in [-0.05, 0) is 51.1 Å². The van der Waals surface area contributed by atoms with Crippen molar-refractivity contribution in [2.75, 3.05) is 19.6 Å². The summed E-state index contributed by atoms with van der Waals surface area (Å²) in [6.45, 7) is 4.77. The lowest BCUT2D eigenvalue weighted by Crippen LogP contribution is -2.33. The van der Waals surface area contributed by atoms with Crippen LogP contribution >= 0.6 is 23.2 Å². The van der Waals surface area contributed by atoms with Crippen LogP contribution in [0.1, 0.15) is 36.9 Å². The van der Waals surface area contributed by atoms with Gasteiger partial charge in [-0.3, -0.25) is 4.79 Å². The molecule has 1 fully saturated rings. The molecule has 0 spiro atoms. The molecule has 1 amide bonds. The van der Waals surface area contributed by atoms with Crippen LogP contribution in [0, 0.1) is 6.92 Å². The number of hydrazone groups is 1. The standard InChI is InChI=1S/C19H23Cl2N5O/c1-14-17(19(21)26(24-14)16-7-5-6-15(20)12-16)13-22-23-18(27)8-11-25-9-3-2-4-10-25/h5-7,12-13H,2-4,8-11H2,1H3,(H,23,27)/b22-13+. The molecule has 1 aromatic heterocycles. The zero-order valence-corrected chi connectivity index (χ0v) is 16.8. The molecule has 3 rings (SSSR count). The summed E-state index contributed by atoms with van der Waals surface area (Å²) in [6.07, 6.45) is 5.69. The van der Waals surface area contributed by atoms with E-state index in [0.717, 1.165) is 25.3 Å². The minimum absolute atomic E-state index is 0.104. The van der Waals surface area contributed by atoms with Crippen LogP contribution in [0.3, 0.4) is 0 Å². The van der Waals surface area contributed by atoms with Gasteiger partial charge in [0, 0.05) is 18.0 Å². The zero-order chi connectivity index (χ0) is 19.2. The molecule has 27 heavy (non-hydrogen) atoms. The number of aromatic nitrogens is 2. The number of likely N-dealkylation sites (tertiary alicyclic amines) is 1. The third-order valence-corrected chi connectivity index (χ3v) is 5.19. The normalized spacial score (nSPS) is 15.4. The molecule has 1 N–H and O–H groups in total. The highest BCUT2D eigenvalue weighted by molar-refractivity contribution is 6.32. The summed E-state index contributed by atoms with van der Waals surface area (Å²) >= 11 is 12.5. The number of hydrogen-bond acceptors (Lipinski definition) is 4. The maximum atomic E-state index is 12.0. The number of carbonyl (C=O) groups excluding carboxylic acids is 1. The molecular formula is C19H23Cl2N5O. The number of nitrogens with one attached hydrogen (secondary N) is 1. The monoisotopic (exact) mass is 407 g/mol. The van der Waals surface area contributed by atoms with Crippen LogP contribution in [-0.4, -0.2) is 46.4 Å². The highest BCUT2D eigenvalue weighted by atomic mass is 35.5. The van der Waals surface area contributed by atoms with E-state index in [4.69, 9.17) is 23.2 Å². The molecule has 6 nitrogen and oxygen atoms in total. The van der Waals surface area contributed by atoms with Crippen LogP contribution in [0.5, 0.6) is 0 Å². The first-order valence-electron chi connectivity index (χ1n) is 9.10. The molecule has 0 bridgehead atoms. The Hall–Kier alpha value is -1.89. The molecular weight excluding hydrogens is 385 g/mol. The minimum atomic E-state index is -0.104. The first kappa shape index (κ1) is 19.9. The number of amides is 1. The summed E-state index contributed by atoms with van der Waals surface area (Å²) in [4.78, 5) is 14.3. The van der Waals surface area contributed by atoms with Gasteiger partial charge in [-0.25, -0.2) is 10.1 Å². The van der Waals surface area contributed by atoms with Crippen molar-refractivity contribution in [3.8, 4) is 5.69 Å². The van der Waals surface area contributed by atoms with E-state index in [9.17, 15) is 4.79 Å². The van der Waals surface area contributed by atoms with E-state index in [1.54, 1.807) is 16.8 Å². The second-order valence-electron chi connectivity index (χ2n) is 6.63. The van der Waals surface area contributed by atoms with Crippen LogP contribution in [0.4, 0.5) is 0 Å². The molecule has 144 valence electrons. The second-order valence-corrected chi connectivity index (χ2v) is 7.42. The van der Waals surface area contributed by atoms with Crippen LogP contribution < -0.4 is 5.43 Å². The lowest BCUT2D eigenvalue weighted by molar-refractivity contribution is -0.121. The number of rotatable bonds is 6. The van der Waals surface area contributed by atoms with Gasteiger partial charge in [-0.2, -0.15) is 10.2 Å². The van der Waals surface area contributed by atoms with Crippen molar-refractivity contribution in [3.63, 3.8) is 0 Å². The fourth-order valence-corrected chi connectivity index (χ4v) is 3.61. The van der Waals surface area contributed by atoms with Gasteiger partial charge < -0.3 is 4.90 Å². The average Bonchev–Trinajstić information content (AvgIpc) is 2.95. The van der Waals surface area contributed by atoms with Gasteiger partial charge in [0.05, 0.1) is 23.2 Å². The molecule has 1 aliphatic heterocycles. The zero-order valence-electron chi connectivity index (χ0n) is 15.3. The van der Waals surface area contributed by atoms with Crippen molar-refractivity contribution in [2.24, 2.45) is 5.10 Å². The van der Waals surface area contributed by atoms with Crippen LogP contribution in [0.15, 0.2) is 29.4 Å². The molecule has 1 saturated heterocycles. The molecule has 2 aromatic rings. The van der Waals surface area contributed by atoms with Gasteiger partial charge in [0.15, 0.2) is 0 Å². The van der Waals surface area contributed by atoms with Gasteiger partial charge in [0.25, 0.3) is 0 Å². The molecule has 0 saturated carbocycles. The Morgan fingerprint density at radius 3 is 2.81 bits per heavy atom. The topological polar surface area (TPSA) is 62.5 Å². The molecule has 1 aliphatic rings. The number of nitrogens with zero attached hydrogens (tertiary/aromatic N) is 4. The smallest absolute Gasteiger partial charge is 0.241 e. The van der Waals surface area contributed by atoms with Crippen molar-refractivity contribution >= 4 is 35.3 Å². The lowest BCUT2D eigenvalue weighted by Gasteiger charge is -2.25. The third kappa shape index (κ3) is 5.31. The first-order valence-corrected chi connectivity index (χ1v) is 9.85. The summed E-state index contributed by atoms with van der Waals surface area (Å²) < 4.78 is 1.60. The van der Waals surface area contributed by atoms with E-state index < -0.39 is 0 Å². The molecule has 0 radical (unpaired) electrons. The van der Waals surface area contributed by atoms with Crippen LogP contribution in [0.2, 0.25) is 10.2 Å². The van der Waals surface area contributed by atoms with E-state index >= 15 is 0 Å². The Bertz CT molecular complexity index is 828. The van der Waals surface area contributed by atoms with Crippen LogP contribution in [0.25, 0.3) is 5.69 Å². The molecule has 0 atom stereocenters. The molecule has 2 heterocycles. The predicted molar refractivity (Wildman–Crippen MR) is 109 cm³/mol. The SMILES string of the molecule is Cc1nn(-c2cccc(Cl)c2)c(Cl)c1/C=N/NC(=O)CCN1CCCCC1. The Balaban J connectivity index is 1.59. The maximum Gasteiger partial charge on any atom is 0.241 e. The number of hydrogen-bond donors (Lipinski definition) is 1. The Morgan fingerprint density at radius 2 is 2.07 bits per heavy atom. The fraction of sp³-hybridized carbons (Fsp3) is 0.421. The molecule has 0 aliphatic carbocycles. The summed E-state index contributed by atoms with van der Waals surface area (Å²) in [7, 11) is 0. The number of benzene rings is 1. The maximum absolute atomic E-state index is 12.0. The average molecular weight is 408 g/mol. The van der Waals surface area contributed by atoms with Crippen molar-refractivity contribution in [1.82, 2.24) is 20.1 Å². The van der Waals surface area contributed by atoms with E-state index in [1.165, 1.54) is 25.5 Å². The number of piperidine rings is 1. The van der Waals surface area contributed by atoms with E-state index in [1.807, 2.05) is 19.1 Å². The first-order chi connectivity index (χ1) is 13.0. The Morgan fingerprint density at radius 1 is 1.30 bits per heavy atom. The highest BCUT2D eigenvalue weighted by Gasteiger charge is 2.14. The third-order valence-electron chi connectivity index (χ3n) is 4.59. The molecule has 1 aromatic carbocycles. The quantitative estimate of drug-likeness (QED) is 0.584. The van der Waals surface area contributed by atoms with Crippen molar-refractivity contribution in [2.45, 2.75) is 32.6 Å². The van der Waals surface area contributed by atoms with Gasteiger partial charge >= 0.3 is 0 Å². The number of aryl methyl sites for hydroxylation is 1. The number of halogens is 2. The largest absolute Gasteiger partial charge is 0.303 e. The minimum Gasteiger partial charge on any atom is -0.303 e. The number of carbonyl (C=O) groups is 1. The van der Waals surface area contributed by atoms with E-state index in [0.29, 0.717) is 27.9 Å². The van der Waals surface area contributed by atoms with Gasteiger partial charge in [-0.1, -0.05) is 35.7 Å². The highest BCUT2D eigenvalue weighted by Crippen LogP contribution is 2.23. The summed E-state index contributed by atoms with van der Waals surface area (Å²) in [5, 5.41) is 9.50. The fourth-order valence-electron chi connectivity index (χ4n) is 3.10. The summed E-state index contributed by atoms with van der Waals surface area (Å²) in [5.74, 6) is -0.104. The Labute approximate surface area is 169 Å². The van der Waals surface area contributed by atoms with Crippen molar-refractivity contribution in [1.29, 1.82) is 0 Å². The molecule has 8 heteroatoms. The van der Waals surface area contributed by atoms with E-state index in [2.05, 4.69) is 20.5 Å². The summed E-state index contributed by atoms with van der Waals surface area (Å²) in [5.41, 5.74) is 4.71. The Kier molecular flexibility index (Phi) is 6.88.